The molecular weight excluding hydrogens is 376 g/mol. The number of hydrogen-bond acceptors (Lipinski definition) is 1. The maximum Gasteiger partial charge on any atom is 0.166 e. The van der Waals surface area contributed by atoms with Gasteiger partial charge in [0, 0.05) is 9.80 Å². The van der Waals surface area contributed by atoms with Gasteiger partial charge in [0.25, 0.3) is 0 Å². The zero-order valence-electron chi connectivity index (χ0n) is 15.9. The maximum atomic E-state index is 2.29. The average Bonchev–Trinajstić information content (AvgIpc) is 2.95. The second-order valence-electron chi connectivity index (χ2n) is 6.69. The molecule has 0 bridgehead atoms. The molecule has 0 spiro atoms. The van der Waals surface area contributed by atoms with E-state index in [1.807, 2.05) is 11.8 Å². The molecule has 4 rings (SSSR count). The fraction of sp³-hybridized carbons (Fsp3) is 0.0769. The summed E-state index contributed by atoms with van der Waals surface area (Å²) in [5.41, 5.74) is 1.40. The Kier molecular flexibility index (Phi) is 6.20. The Hall–Kier alpha value is -2.42. The van der Waals surface area contributed by atoms with Gasteiger partial charge in [-0.15, -0.1) is 0 Å². The van der Waals surface area contributed by atoms with Crippen LogP contribution in [0.3, 0.4) is 0 Å². The highest BCUT2D eigenvalue weighted by Crippen LogP contribution is 2.34. The van der Waals surface area contributed by atoms with Gasteiger partial charge in [0.05, 0.1) is 10.9 Å². The third-order valence-corrected chi connectivity index (χ3v) is 7.75. The molecule has 0 heterocycles. The number of thioether (sulfide) groups is 1. The zero-order valence-corrected chi connectivity index (χ0v) is 17.5. The Balaban J connectivity index is 1.62. The highest BCUT2D eigenvalue weighted by Gasteiger charge is 2.28. The minimum Gasteiger partial charge on any atom is -0.0901 e. The van der Waals surface area contributed by atoms with Crippen LogP contribution in [0.5, 0.6) is 0 Å². The van der Waals surface area contributed by atoms with Crippen molar-refractivity contribution in [1.82, 2.24) is 0 Å². The van der Waals surface area contributed by atoms with Crippen LogP contribution in [0.1, 0.15) is 13.3 Å². The van der Waals surface area contributed by atoms with Gasteiger partial charge in [-0.25, -0.2) is 0 Å². The molecule has 1 aliphatic carbocycles. The molecule has 0 N–H and O–H groups in total. The highest BCUT2D eigenvalue weighted by molar-refractivity contribution is 8.03. The van der Waals surface area contributed by atoms with Crippen molar-refractivity contribution < 1.29 is 0 Å². The van der Waals surface area contributed by atoms with E-state index < -0.39 is 0 Å². The van der Waals surface area contributed by atoms with Crippen molar-refractivity contribution in [2.45, 2.75) is 32.9 Å². The van der Waals surface area contributed by atoms with Gasteiger partial charge in [-0.2, -0.15) is 0 Å². The first kappa shape index (κ1) is 18.9. The lowest BCUT2D eigenvalue weighted by atomic mass is 10.2. The number of benzene rings is 3. The minimum atomic E-state index is -0.0845. The predicted octanol–water partition coefficient (Wildman–Crippen LogP) is 7.66. The molecule has 0 radical (unpaired) electrons. The first-order valence-corrected chi connectivity index (χ1v) is 11.5. The molecular formula is C26H23S2+. The van der Waals surface area contributed by atoms with Gasteiger partial charge < -0.3 is 0 Å². The quantitative estimate of drug-likeness (QED) is 0.397. The lowest BCUT2D eigenvalue weighted by Gasteiger charge is -2.09. The molecule has 3 aromatic rings. The standard InChI is InChI=1S/C26H23S2/c1-21-9-8-10-22(16-15-21)27-23-17-19-26(20-18-23)28(24-11-4-2-5-12-24)25-13-6-3-7-14-25/h2-8,10-20H,9H2,1H3/q+1. The first-order valence-electron chi connectivity index (χ1n) is 9.46. The zero-order chi connectivity index (χ0) is 19.2. The summed E-state index contributed by atoms with van der Waals surface area (Å²) in [6.07, 6.45) is 9.95. The van der Waals surface area contributed by atoms with Crippen molar-refractivity contribution in [3.63, 3.8) is 0 Å². The molecule has 0 saturated heterocycles. The molecule has 0 saturated carbocycles. The smallest absolute Gasteiger partial charge is 0.0901 e. The van der Waals surface area contributed by atoms with Gasteiger partial charge in [0.15, 0.2) is 14.7 Å². The van der Waals surface area contributed by atoms with E-state index >= 15 is 0 Å². The van der Waals surface area contributed by atoms with Crippen LogP contribution >= 0.6 is 11.8 Å². The second-order valence-corrected chi connectivity index (χ2v) is 9.87. The Morgan fingerprint density at radius 3 is 1.86 bits per heavy atom. The van der Waals surface area contributed by atoms with Crippen LogP contribution in [0.15, 0.2) is 139 Å². The van der Waals surface area contributed by atoms with Crippen LogP contribution in [-0.2, 0) is 10.9 Å². The lowest BCUT2D eigenvalue weighted by Crippen LogP contribution is -2.04. The van der Waals surface area contributed by atoms with Gasteiger partial charge in [-0.05, 0) is 68.0 Å². The van der Waals surface area contributed by atoms with Crippen molar-refractivity contribution in [1.29, 1.82) is 0 Å². The molecule has 3 aromatic carbocycles. The number of allylic oxidation sites excluding steroid dienone is 5. The van der Waals surface area contributed by atoms with Crippen molar-refractivity contribution in [3.05, 3.63) is 120 Å². The third-order valence-electron chi connectivity index (χ3n) is 4.51. The van der Waals surface area contributed by atoms with Crippen LogP contribution in [0.25, 0.3) is 0 Å². The van der Waals surface area contributed by atoms with Crippen molar-refractivity contribution in [3.8, 4) is 0 Å². The molecule has 0 fully saturated rings. The van der Waals surface area contributed by atoms with E-state index in [4.69, 9.17) is 0 Å². The minimum absolute atomic E-state index is 0.0845. The van der Waals surface area contributed by atoms with E-state index in [0.29, 0.717) is 0 Å². The monoisotopic (exact) mass is 399 g/mol. The first-order chi connectivity index (χ1) is 13.8. The maximum absolute atomic E-state index is 2.29. The van der Waals surface area contributed by atoms with Crippen LogP contribution in [-0.4, -0.2) is 0 Å². The average molecular weight is 400 g/mol. The molecule has 0 amide bonds. The summed E-state index contributed by atoms with van der Waals surface area (Å²) in [4.78, 5) is 6.61. The van der Waals surface area contributed by atoms with E-state index in [2.05, 4.69) is 116 Å². The number of hydrogen-bond donors (Lipinski definition) is 0. The summed E-state index contributed by atoms with van der Waals surface area (Å²) in [7, 11) is -0.0845. The fourth-order valence-corrected chi connectivity index (χ4v) is 6.01. The van der Waals surface area contributed by atoms with Crippen molar-refractivity contribution >= 4 is 22.7 Å². The Labute approximate surface area is 175 Å². The molecule has 0 aromatic heterocycles. The van der Waals surface area contributed by atoms with E-state index in [1.54, 1.807) is 0 Å². The summed E-state index contributed by atoms with van der Waals surface area (Å²) >= 11 is 1.82. The normalized spacial score (nSPS) is 13.8. The lowest BCUT2D eigenvalue weighted by molar-refractivity contribution is 1.22. The van der Waals surface area contributed by atoms with Gasteiger partial charge in [-0.3, -0.25) is 0 Å². The highest BCUT2D eigenvalue weighted by atomic mass is 32.2. The van der Waals surface area contributed by atoms with Crippen molar-refractivity contribution in [2.24, 2.45) is 0 Å². The molecule has 2 heteroatoms. The largest absolute Gasteiger partial charge is 0.166 e. The molecule has 0 nitrogen and oxygen atoms in total. The van der Waals surface area contributed by atoms with Gasteiger partial charge in [0.2, 0.25) is 0 Å². The van der Waals surface area contributed by atoms with Gasteiger partial charge >= 0.3 is 0 Å². The molecule has 1 aliphatic rings. The topological polar surface area (TPSA) is 0 Å². The Morgan fingerprint density at radius 2 is 1.25 bits per heavy atom. The Bertz CT molecular complexity index is 958. The summed E-state index contributed by atoms with van der Waals surface area (Å²) in [6, 6.07) is 30.7. The summed E-state index contributed by atoms with van der Waals surface area (Å²) in [5, 5.41) is 0. The molecule has 0 aliphatic heterocycles. The molecule has 0 unspecified atom stereocenters. The van der Waals surface area contributed by atoms with E-state index in [1.165, 1.54) is 30.1 Å². The van der Waals surface area contributed by atoms with Gasteiger partial charge in [-0.1, -0.05) is 72.0 Å². The molecule has 138 valence electrons. The van der Waals surface area contributed by atoms with E-state index in [9.17, 15) is 0 Å². The molecule has 28 heavy (non-hydrogen) atoms. The van der Waals surface area contributed by atoms with Gasteiger partial charge in [0.1, 0.15) is 0 Å². The van der Waals surface area contributed by atoms with E-state index in [-0.39, 0.29) is 10.9 Å². The van der Waals surface area contributed by atoms with Crippen LogP contribution in [0.2, 0.25) is 0 Å². The SMILES string of the molecule is CC1=CC=C(Sc2ccc([S+](c3ccccc3)c3ccccc3)cc2)C=CC1. The summed E-state index contributed by atoms with van der Waals surface area (Å²) in [5.74, 6) is 0. The second kappa shape index (κ2) is 9.18. The summed E-state index contributed by atoms with van der Waals surface area (Å²) < 4.78 is 0. The summed E-state index contributed by atoms with van der Waals surface area (Å²) in [6.45, 7) is 2.18. The molecule has 0 atom stereocenters. The Morgan fingerprint density at radius 1 is 0.679 bits per heavy atom. The fourth-order valence-electron chi connectivity index (χ4n) is 3.08. The number of rotatable bonds is 5. The predicted molar refractivity (Wildman–Crippen MR) is 123 cm³/mol. The van der Waals surface area contributed by atoms with Crippen LogP contribution < -0.4 is 0 Å². The van der Waals surface area contributed by atoms with Crippen LogP contribution in [0, 0.1) is 0 Å². The van der Waals surface area contributed by atoms with Crippen LogP contribution in [0.4, 0.5) is 0 Å². The third kappa shape index (κ3) is 4.70. The van der Waals surface area contributed by atoms with E-state index in [0.717, 1.165) is 6.42 Å². The van der Waals surface area contributed by atoms with Crippen molar-refractivity contribution in [2.75, 3.05) is 0 Å².